The fraction of sp³-hybridized carbons (Fsp3) is 0.667. The minimum Gasteiger partial charge on any atom is -0.390 e. The van der Waals surface area contributed by atoms with E-state index in [1.807, 2.05) is 4.90 Å². The Morgan fingerprint density at radius 1 is 1.62 bits per heavy atom. The second-order valence-corrected chi connectivity index (χ2v) is 3.82. The van der Waals surface area contributed by atoms with Crippen LogP contribution >= 0.6 is 0 Å². The van der Waals surface area contributed by atoms with Crippen molar-refractivity contribution in [2.45, 2.75) is 12.8 Å². The lowest BCUT2D eigenvalue weighted by Gasteiger charge is -2.30. The number of aromatic nitrogens is 2. The highest BCUT2D eigenvalue weighted by molar-refractivity contribution is 5.79. The van der Waals surface area contributed by atoms with Gasteiger partial charge in [-0.25, -0.2) is 0 Å². The van der Waals surface area contributed by atoms with Gasteiger partial charge in [0.05, 0.1) is 5.92 Å². The lowest BCUT2D eigenvalue weighted by Crippen LogP contribution is -2.42. The van der Waals surface area contributed by atoms with Crippen molar-refractivity contribution in [2.24, 2.45) is 5.92 Å². The maximum absolute atomic E-state index is 11.5. The molecule has 1 aromatic rings. The van der Waals surface area contributed by atoms with Crippen LogP contribution in [0.15, 0.2) is 4.42 Å². The zero-order valence-electron chi connectivity index (χ0n) is 9.14. The van der Waals surface area contributed by atoms with Crippen molar-refractivity contribution in [2.75, 3.05) is 30.8 Å². The van der Waals surface area contributed by atoms with Crippen molar-refractivity contribution in [1.82, 2.24) is 15.5 Å². The second kappa shape index (κ2) is 4.38. The fourth-order valence-corrected chi connectivity index (χ4v) is 1.92. The zero-order chi connectivity index (χ0) is 11.5. The summed E-state index contributed by atoms with van der Waals surface area (Å²) in [6, 6.07) is 0.447. The van der Waals surface area contributed by atoms with Crippen molar-refractivity contribution < 1.29 is 9.21 Å². The number of nitrogens with one attached hydrogen (secondary N) is 1. The average molecular weight is 225 g/mol. The molecule has 1 saturated heterocycles. The molecule has 1 fully saturated rings. The summed E-state index contributed by atoms with van der Waals surface area (Å²) in [6.45, 7) is 1.41. The third kappa shape index (κ3) is 2.07. The molecule has 1 amide bonds. The molecule has 2 heterocycles. The minimum atomic E-state index is -0.0214. The highest BCUT2D eigenvalue weighted by atomic mass is 16.4. The first-order valence-electron chi connectivity index (χ1n) is 5.26. The molecule has 0 bridgehead atoms. The molecule has 7 nitrogen and oxygen atoms in total. The van der Waals surface area contributed by atoms with Crippen LogP contribution in [0.25, 0.3) is 0 Å². The zero-order valence-corrected chi connectivity index (χ0v) is 9.14. The summed E-state index contributed by atoms with van der Waals surface area (Å²) in [6.07, 6.45) is 1.82. The van der Waals surface area contributed by atoms with Gasteiger partial charge in [0.15, 0.2) is 0 Å². The van der Waals surface area contributed by atoms with E-state index in [-0.39, 0.29) is 17.8 Å². The van der Waals surface area contributed by atoms with E-state index in [0.717, 1.165) is 19.4 Å². The second-order valence-electron chi connectivity index (χ2n) is 3.82. The summed E-state index contributed by atoms with van der Waals surface area (Å²) < 4.78 is 5.13. The van der Waals surface area contributed by atoms with Crippen molar-refractivity contribution in [3.05, 3.63) is 0 Å². The molecule has 0 radical (unpaired) electrons. The molecule has 2 rings (SSSR count). The first-order valence-corrected chi connectivity index (χ1v) is 5.26. The molecule has 1 aromatic heterocycles. The van der Waals surface area contributed by atoms with Gasteiger partial charge in [0.2, 0.25) is 5.91 Å². The van der Waals surface area contributed by atoms with Crippen molar-refractivity contribution in [3.63, 3.8) is 0 Å². The molecule has 88 valence electrons. The van der Waals surface area contributed by atoms with E-state index < -0.39 is 0 Å². The fourth-order valence-electron chi connectivity index (χ4n) is 1.92. The van der Waals surface area contributed by atoms with Crippen LogP contribution in [0, 0.1) is 5.92 Å². The van der Waals surface area contributed by atoms with Gasteiger partial charge in [0, 0.05) is 20.1 Å². The van der Waals surface area contributed by atoms with Crippen molar-refractivity contribution >= 4 is 17.9 Å². The molecular weight excluding hydrogens is 210 g/mol. The molecule has 0 spiro atoms. The van der Waals surface area contributed by atoms with Gasteiger partial charge >= 0.3 is 12.0 Å². The maximum Gasteiger partial charge on any atom is 0.319 e. The first kappa shape index (κ1) is 10.7. The van der Waals surface area contributed by atoms with Crippen LogP contribution < -0.4 is 16.0 Å². The van der Waals surface area contributed by atoms with E-state index >= 15 is 0 Å². The third-order valence-electron chi connectivity index (χ3n) is 2.74. The number of rotatable bonds is 2. The number of nitrogen functional groups attached to an aromatic ring is 1. The van der Waals surface area contributed by atoms with Crippen molar-refractivity contribution in [1.29, 1.82) is 0 Å². The predicted molar refractivity (Wildman–Crippen MR) is 57.7 cm³/mol. The molecule has 1 unspecified atom stereocenters. The third-order valence-corrected chi connectivity index (χ3v) is 2.74. The van der Waals surface area contributed by atoms with E-state index in [1.54, 1.807) is 7.05 Å². The van der Waals surface area contributed by atoms with Gasteiger partial charge < -0.3 is 20.4 Å². The van der Waals surface area contributed by atoms with Crippen LogP contribution in [-0.2, 0) is 4.79 Å². The van der Waals surface area contributed by atoms with Gasteiger partial charge in [-0.15, -0.1) is 0 Å². The van der Waals surface area contributed by atoms with E-state index in [1.165, 1.54) is 0 Å². The van der Waals surface area contributed by atoms with Gasteiger partial charge in [-0.1, -0.05) is 10.2 Å². The van der Waals surface area contributed by atoms with Crippen LogP contribution in [0.3, 0.4) is 0 Å². The van der Waals surface area contributed by atoms with Gasteiger partial charge in [0.25, 0.3) is 0 Å². The summed E-state index contributed by atoms with van der Waals surface area (Å²) in [5.74, 6) is 0.0315. The Morgan fingerprint density at radius 3 is 3.06 bits per heavy atom. The van der Waals surface area contributed by atoms with Crippen molar-refractivity contribution in [3.8, 4) is 0 Å². The number of hydrogen-bond acceptors (Lipinski definition) is 6. The molecule has 0 aliphatic carbocycles. The molecule has 1 aliphatic rings. The Bertz CT molecular complexity index is 378. The summed E-state index contributed by atoms with van der Waals surface area (Å²) in [5, 5.41) is 10.1. The number of hydrogen-bond donors (Lipinski definition) is 2. The van der Waals surface area contributed by atoms with E-state index in [9.17, 15) is 4.79 Å². The smallest absolute Gasteiger partial charge is 0.319 e. The Hall–Kier alpha value is -1.79. The van der Waals surface area contributed by atoms with E-state index in [4.69, 9.17) is 10.2 Å². The van der Waals surface area contributed by atoms with Gasteiger partial charge in [0.1, 0.15) is 0 Å². The molecule has 0 aromatic carbocycles. The van der Waals surface area contributed by atoms with Gasteiger partial charge in [-0.05, 0) is 12.8 Å². The number of carbonyl (C=O) groups is 1. The number of nitrogens with two attached hydrogens (primary N) is 1. The molecule has 7 heteroatoms. The summed E-state index contributed by atoms with van der Waals surface area (Å²) in [4.78, 5) is 13.4. The monoisotopic (exact) mass is 225 g/mol. The highest BCUT2D eigenvalue weighted by Crippen LogP contribution is 2.22. The maximum atomic E-state index is 11.5. The van der Waals surface area contributed by atoms with E-state index in [2.05, 4.69) is 15.5 Å². The topological polar surface area (TPSA) is 97.3 Å². The van der Waals surface area contributed by atoms with Gasteiger partial charge in [-0.2, -0.15) is 0 Å². The number of nitrogens with zero attached hydrogens (tertiary/aromatic N) is 3. The van der Waals surface area contributed by atoms with E-state index in [0.29, 0.717) is 12.6 Å². The predicted octanol–water partition coefficient (Wildman–Crippen LogP) is -0.386. The Kier molecular flexibility index (Phi) is 2.93. The lowest BCUT2D eigenvalue weighted by molar-refractivity contribution is -0.124. The Labute approximate surface area is 93.0 Å². The number of anilines is 2. The summed E-state index contributed by atoms with van der Waals surface area (Å²) in [5.41, 5.74) is 5.36. The van der Waals surface area contributed by atoms with Crippen LogP contribution in [0.4, 0.5) is 12.0 Å². The Morgan fingerprint density at radius 2 is 2.44 bits per heavy atom. The van der Waals surface area contributed by atoms with Gasteiger partial charge in [-0.3, -0.25) is 4.79 Å². The number of piperidine rings is 1. The SMILES string of the molecule is CNC(=O)C1CCCN(c2nnc(N)o2)C1. The molecule has 16 heavy (non-hydrogen) atoms. The average Bonchev–Trinajstić information content (AvgIpc) is 2.75. The quantitative estimate of drug-likeness (QED) is 0.711. The standard InChI is InChI=1S/C9H15N5O2/c1-11-7(15)6-3-2-4-14(5-6)9-13-12-8(10)16-9/h6H,2-5H2,1H3,(H2,10,12)(H,11,15). The molecule has 1 atom stereocenters. The highest BCUT2D eigenvalue weighted by Gasteiger charge is 2.27. The summed E-state index contributed by atoms with van der Waals surface area (Å²) >= 11 is 0. The van der Waals surface area contributed by atoms with Crippen LogP contribution in [0.5, 0.6) is 0 Å². The summed E-state index contributed by atoms with van der Waals surface area (Å²) in [7, 11) is 1.64. The first-order chi connectivity index (χ1) is 7.70. The molecule has 0 saturated carbocycles. The molecular formula is C9H15N5O2. The molecule has 1 aliphatic heterocycles. The number of carbonyl (C=O) groups excluding carboxylic acids is 1. The Balaban J connectivity index is 2.04. The van der Waals surface area contributed by atoms with Crippen LogP contribution in [-0.4, -0.2) is 36.2 Å². The van der Waals surface area contributed by atoms with Crippen LogP contribution in [0.2, 0.25) is 0 Å². The minimum absolute atomic E-state index is 0.0214. The lowest BCUT2D eigenvalue weighted by atomic mass is 9.97. The molecule has 3 N–H and O–H groups in total. The number of amides is 1. The largest absolute Gasteiger partial charge is 0.390 e. The normalized spacial score (nSPS) is 20.8. The van der Waals surface area contributed by atoms with Crippen LogP contribution in [0.1, 0.15) is 12.8 Å².